The summed E-state index contributed by atoms with van der Waals surface area (Å²) in [4.78, 5) is 61.3. The van der Waals surface area contributed by atoms with E-state index in [1.165, 1.54) is 17.0 Å². The molecule has 0 aliphatic heterocycles. The lowest BCUT2D eigenvalue weighted by Crippen LogP contribution is -2.49. The van der Waals surface area contributed by atoms with E-state index in [0.29, 0.717) is 26.2 Å². The first-order chi connectivity index (χ1) is 20.4. The topological polar surface area (TPSA) is 152 Å². The Bertz CT molecular complexity index is 971. The van der Waals surface area contributed by atoms with Crippen LogP contribution in [-0.2, 0) is 19.0 Å². The molecule has 1 rings (SSSR count). The highest BCUT2D eigenvalue weighted by Gasteiger charge is 2.20. The van der Waals surface area contributed by atoms with Crippen molar-refractivity contribution in [1.82, 2.24) is 20.9 Å². The number of carbonyl (C=O) groups is 5. The van der Waals surface area contributed by atoms with Crippen molar-refractivity contribution in [2.24, 2.45) is 0 Å². The third-order valence-corrected chi connectivity index (χ3v) is 5.94. The van der Waals surface area contributed by atoms with Gasteiger partial charge in [0.05, 0.1) is 0 Å². The van der Waals surface area contributed by atoms with Crippen LogP contribution in [0.3, 0.4) is 0 Å². The van der Waals surface area contributed by atoms with E-state index in [1.54, 1.807) is 18.2 Å². The smallest absolute Gasteiger partial charge is 0.407 e. The molecule has 0 aliphatic rings. The normalized spacial score (nSPS) is 10.5. The van der Waals surface area contributed by atoms with E-state index in [0.717, 1.165) is 70.3 Å². The summed E-state index contributed by atoms with van der Waals surface area (Å²) < 4.78 is 14.7. The summed E-state index contributed by atoms with van der Waals surface area (Å²) in [5.41, 5.74) is 0.227. The molecule has 234 valence electrons. The number of unbranched alkanes of at least 4 members (excludes halogenated alkanes) is 7. The number of hydrogen-bond donors (Lipinski definition) is 3. The van der Waals surface area contributed by atoms with Crippen LogP contribution in [0.2, 0.25) is 0 Å². The number of rotatable bonds is 21. The number of carbonyl (C=O) groups excluding carboxylic acids is 5. The second-order valence-corrected chi connectivity index (χ2v) is 9.35. The summed E-state index contributed by atoms with van der Waals surface area (Å²) in [6.07, 6.45) is 9.85. The molecule has 1 aromatic rings. The first kappa shape index (κ1) is 35.9. The van der Waals surface area contributed by atoms with Gasteiger partial charge in [-0.2, -0.15) is 0 Å². The monoisotopic (exact) mass is 590 g/mol. The molecule has 0 heterocycles. The van der Waals surface area contributed by atoms with Crippen LogP contribution in [0.1, 0.15) is 82.0 Å². The van der Waals surface area contributed by atoms with Gasteiger partial charge in [-0.15, -0.1) is 0 Å². The van der Waals surface area contributed by atoms with Gasteiger partial charge in [-0.1, -0.05) is 75.8 Å². The number of ketones is 1. The Morgan fingerprint density at radius 1 is 0.738 bits per heavy atom. The highest BCUT2D eigenvalue weighted by atomic mass is 16.6. The zero-order valence-corrected chi connectivity index (χ0v) is 24.9. The molecule has 5 amide bonds. The van der Waals surface area contributed by atoms with Crippen LogP contribution in [-0.4, -0.2) is 74.2 Å². The van der Waals surface area contributed by atoms with Crippen LogP contribution in [0, 0.1) is 0 Å². The average molecular weight is 591 g/mol. The van der Waals surface area contributed by atoms with Gasteiger partial charge in [-0.25, -0.2) is 24.1 Å². The Kier molecular flexibility index (Phi) is 20.2. The third-order valence-electron chi connectivity index (χ3n) is 5.94. The van der Waals surface area contributed by atoms with Crippen molar-refractivity contribution >= 4 is 29.9 Å². The maximum Gasteiger partial charge on any atom is 0.407 e. The molecule has 42 heavy (non-hydrogen) atoms. The summed E-state index contributed by atoms with van der Waals surface area (Å²) in [6.45, 7) is 5.76. The number of urea groups is 2. The van der Waals surface area contributed by atoms with Crippen molar-refractivity contribution in [1.29, 1.82) is 0 Å². The lowest BCUT2D eigenvalue weighted by atomic mass is 10.1. The van der Waals surface area contributed by atoms with Gasteiger partial charge in [-0.05, 0) is 26.2 Å². The van der Waals surface area contributed by atoms with Gasteiger partial charge in [0.1, 0.15) is 25.7 Å². The summed E-state index contributed by atoms with van der Waals surface area (Å²) in [6, 6.07) is 7.29. The predicted molar refractivity (Wildman–Crippen MR) is 158 cm³/mol. The van der Waals surface area contributed by atoms with Crippen LogP contribution in [0.5, 0.6) is 0 Å². The second kappa shape index (κ2) is 23.6. The summed E-state index contributed by atoms with van der Waals surface area (Å²) in [7, 11) is 0. The van der Waals surface area contributed by atoms with Gasteiger partial charge in [0.15, 0.2) is 0 Å². The van der Waals surface area contributed by atoms with E-state index >= 15 is 0 Å². The van der Waals surface area contributed by atoms with Gasteiger partial charge < -0.3 is 30.2 Å². The summed E-state index contributed by atoms with van der Waals surface area (Å²) >= 11 is 0. The van der Waals surface area contributed by atoms with Gasteiger partial charge >= 0.3 is 24.1 Å². The Hall–Kier alpha value is -4.09. The van der Waals surface area contributed by atoms with E-state index < -0.39 is 17.8 Å². The largest absolute Gasteiger partial charge is 0.494 e. The molecule has 0 saturated heterocycles. The molecule has 0 atom stereocenters. The fourth-order valence-corrected chi connectivity index (χ4v) is 3.69. The van der Waals surface area contributed by atoms with E-state index in [9.17, 15) is 24.0 Å². The Labute approximate surface area is 248 Å². The molecule has 0 bridgehead atoms. The number of imide groups is 1. The maximum atomic E-state index is 12.5. The maximum absolute atomic E-state index is 12.5. The zero-order chi connectivity index (χ0) is 30.8. The fraction of sp³-hybridized carbons (Fsp3) is 0.567. The molecule has 12 heteroatoms. The standard InChI is InChI=1S/C30H46N4O8/c1-3-5-6-9-15-20-34(28(37)31-4-2)29(38)32-18-13-7-8-14-19-33-30(39)42-24-22-40-21-23-41-27(36)26(35)25-16-11-10-12-17-25/h10-12,16-17,21,23H,3-9,13-15,18-20,22,24H2,1-2H3,(H,31,37)(H,32,38)(H,33,39)/b23-21-. The van der Waals surface area contributed by atoms with Crippen LogP contribution < -0.4 is 16.0 Å². The van der Waals surface area contributed by atoms with Gasteiger partial charge in [-0.3, -0.25) is 4.79 Å². The Morgan fingerprint density at radius 2 is 1.38 bits per heavy atom. The lowest BCUT2D eigenvalue weighted by molar-refractivity contribution is -0.133. The molecular formula is C30H46N4O8. The molecule has 0 aliphatic carbocycles. The molecule has 0 aromatic heterocycles. The van der Waals surface area contributed by atoms with Crippen molar-refractivity contribution in [3.63, 3.8) is 0 Å². The molecule has 0 saturated carbocycles. The number of esters is 1. The number of nitrogens with one attached hydrogen (secondary N) is 3. The highest BCUT2D eigenvalue weighted by Crippen LogP contribution is 2.05. The molecule has 1 aromatic carbocycles. The number of alkyl carbamates (subject to hydrolysis) is 1. The van der Waals surface area contributed by atoms with Crippen molar-refractivity contribution in [2.75, 3.05) is 39.4 Å². The molecule has 3 N–H and O–H groups in total. The summed E-state index contributed by atoms with van der Waals surface area (Å²) in [5.74, 6) is -1.80. The van der Waals surface area contributed by atoms with Crippen molar-refractivity contribution < 1.29 is 38.2 Å². The van der Waals surface area contributed by atoms with Crippen LogP contribution in [0.25, 0.3) is 0 Å². The average Bonchev–Trinajstić information content (AvgIpc) is 2.99. The fourth-order valence-electron chi connectivity index (χ4n) is 3.69. The number of Topliss-reactive ketones (excluding diaryl/α,β-unsaturated/α-hetero) is 1. The number of nitrogens with zero attached hydrogens (tertiary/aromatic N) is 1. The molecule has 0 unspecified atom stereocenters. The number of ether oxygens (including phenoxy) is 3. The van der Waals surface area contributed by atoms with Crippen LogP contribution in [0.4, 0.5) is 14.4 Å². The molecule has 0 radical (unpaired) electrons. The minimum Gasteiger partial charge on any atom is -0.494 e. The van der Waals surface area contributed by atoms with E-state index in [1.807, 2.05) is 6.92 Å². The van der Waals surface area contributed by atoms with E-state index in [2.05, 4.69) is 22.9 Å². The molecule has 12 nitrogen and oxygen atoms in total. The van der Waals surface area contributed by atoms with E-state index in [-0.39, 0.29) is 30.8 Å². The van der Waals surface area contributed by atoms with Gasteiger partial charge in [0, 0.05) is 31.7 Å². The van der Waals surface area contributed by atoms with Crippen LogP contribution in [0.15, 0.2) is 42.9 Å². The van der Waals surface area contributed by atoms with E-state index in [4.69, 9.17) is 14.2 Å². The van der Waals surface area contributed by atoms with Crippen molar-refractivity contribution in [2.45, 2.75) is 71.6 Å². The summed E-state index contributed by atoms with van der Waals surface area (Å²) in [5, 5.41) is 8.16. The minimum atomic E-state index is -1.03. The first-order valence-corrected chi connectivity index (χ1v) is 14.7. The number of amides is 5. The predicted octanol–water partition coefficient (Wildman–Crippen LogP) is 4.90. The first-order valence-electron chi connectivity index (χ1n) is 14.7. The zero-order valence-electron chi connectivity index (χ0n) is 24.9. The van der Waals surface area contributed by atoms with Crippen molar-refractivity contribution in [3.8, 4) is 0 Å². The SMILES string of the molecule is CCCCCCCN(C(=O)NCC)C(=O)NCCCCCCNC(=O)OCCO/C=C\OC(=O)C(=O)c1ccccc1. The molecular weight excluding hydrogens is 544 g/mol. The van der Waals surface area contributed by atoms with Crippen LogP contribution >= 0.6 is 0 Å². The highest BCUT2D eigenvalue weighted by molar-refractivity contribution is 6.40. The quantitative estimate of drug-likeness (QED) is 0.0601. The lowest BCUT2D eigenvalue weighted by Gasteiger charge is -2.21. The Morgan fingerprint density at radius 3 is 2.07 bits per heavy atom. The Balaban J connectivity index is 2.06. The second-order valence-electron chi connectivity index (χ2n) is 9.35. The number of hydrogen-bond acceptors (Lipinski definition) is 8. The molecule has 0 fully saturated rings. The van der Waals surface area contributed by atoms with Crippen molar-refractivity contribution in [3.05, 3.63) is 48.4 Å². The van der Waals surface area contributed by atoms with Gasteiger partial charge in [0.2, 0.25) is 0 Å². The van der Waals surface area contributed by atoms with Gasteiger partial charge in [0.25, 0.3) is 5.78 Å². The third kappa shape index (κ3) is 16.9. The number of benzene rings is 1. The molecule has 0 spiro atoms. The minimum absolute atomic E-state index is 0.0151.